The highest BCUT2D eigenvalue weighted by atomic mass is 16.6. The third-order valence-electron chi connectivity index (χ3n) is 3.22. The molecule has 1 amide bonds. The number of amides is 1. The van der Waals surface area contributed by atoms with E-state index in [1.165, 1.54) is 0 Å². The summed E-state index contributed by atoms with van der Waals surface area (Å²) in [5, 5.41) is 3.97. The zero-order valence-electron chi connectivity index (χ0n) is 12.7. The summed E-state index contributed by atoms with van der Waals surface area (Å²) < 4.78 is 10.5. The van der Waals surface area contributed by atoms with Gasteiger partial charge in [-0.15, -0.1) is 0 Å². The smallest absolute Gasteiger partial charge is 0.410 e. The molecule has 0 N–H and O–H groups in total. The summed E-state index contributed by atoms with van der Waals surface area (Å²) in [7, 11) is 0. The van der Waals surface area contributed by atoms with Gasteiger partial charge in [0.15, 0.2) is 5.82 Å². The normalized spacial score (nSPS) is 20.6. The average Bonchev–Trinajstić information content (AvgIpc) is 2.62. The maximum Gasteiger partial charge on any atom is 0.410 e. The molecule has 20 heavy (non-hydrogen) atoms. The lowest BCUT2D eigenvalue weighted by Gasteiger charge is -2.30. The molecular weight excluding hydrogens is 258 g/mol. The fourth-order valence-corrected chi connectivity index (χ4v) is 2.37. The Morgan fingerprint density at radius 1 is 1.35 bits per heavy atom. The first kappa shape index (κ1) is 14.8. The summed E-state index contributed by atoms with van der Waals surface area (Å²) in [5.74, 6) is 1.10. The summed E-state index contributed by atoms with van der Waals surface area (Å²) in [6.07, 6.45) is 3.68. The van der Waals surface area contributed by atoms with Crippen LogP contribution in [0.15, 0.2) is 4.52 Å². The summed E-state index contributed by atoms with van der Waals surface area (Å²) in [5.41, 5.74) is -0.499. The van der Waals surface area contributed by atoms with Crippen LogP contribution < -0.4 is 0 Å². The topological polar surface area (TPSA) is 68.5 Å². The van der Waals surface area contributed by atoms with E-state index < -0.39 is 5.60 Å². The molecule has 1 aliphatic rings. The van der Waals surface area contributed by atoms with Crippen molar-refractivity contribution < 1.29 is 14.1 Å². The van der Waals surface area contributed by atoms with Crippen LogP contribution in [0.3, 0.4) is 0 Å². The highest BCUT2D eigenvalue weighted by molar-refractivity contribution is 5.68. The Morgan fingerprint density at radius 3 is 2.70 bits per heavy atom. The molecule has 6 heteroatoms. The Balaban J connectivity index is 2.19. The van der Waals surface area contributed by atoms with Crippen LogP contribution in [0.2, 0.25) is 0 Å². The summed E-state index contributed by atoms with van der Waals surface area (Å²) >= 11 is 0. The Bertz CT molecular complexity index is 464. The van der Waals surface area contributed by atoms with Crippen molar-refractivity contribution in [1.82, 2.24) is 15.0 Å². The Morgan fingerprint density at radius 2 is 2.10 bits per heavy atom. The van der Waals surface area contributed by atoms with Gasteiger partial charge in [-0.25, -0.2) is 4.79 Å². The molecule has 1 saturated heterocycles. The molecule has 6 nitrogen and oxygen atoms in total. The molecule has 1 unspecified atom stereocenters. The second-order valence-corrected chi connectivity index (χ2v) is 6.21. The van der Waals surface area contributed by atoms with Crippen molar-refractivity contribution in [3.63, 3.8) is 0 Å². The molecule has 1 aromatic rings. The number of carbonyl (C=O) groups is 1. The molecule has 1 aliphatic heterocycles. The molecule has 0 radical (unpaired) electrons. The number of carbonyl (C=O) groups excluding carboxylic acids is 1. The number of likely N-dealkylation sites (tertiary alicyclic amines) is 1. The first-order valence-corrected chi connectivity index (χ1v) is 7.16. The van der Waals surface area contributed by atoms with Crippen LogP contribution >= 0.6 is 0 Å². The molecular formula is C14H23N3O3. The van der Waals surface area contributed by atoms with E-state index >= 15 is 0 Å². The lowest BCUT2D eigenvalue weighted by molar-refractivity contribution is 0.0153. The molecule has 1 fully saturated rings. The van der Waals surface area contributed by atoms with E-state index in [9.17, 15) is 4.79 Å². The van der Waals surface area contributed by atoms with E-state index in [1.807, 2.05) is 20.8 Å². The zero-order chi connectivity index (χ0) is 14.8. The second kappa shape index (κ2) is 5.81. The van der Waals surface area contributed by atoms with Crippen molar-refractivity contribution in [1.29, 1.82) is 0 Å². The van der Waals surface area contributed by atoms with E-state index in [0.29, 0.717) is 18.3 Å². The molecule has 2 heterocycles. The third-order valence-corrected chi connectivity index (χ3v) is 3.22. The van der Waals surface area contributed by atoms with Crippen LogP contribution in [0, 0.1) is 6.92 Å². The first-order valence-electron chi connectivity index (χ1n) is 7.16. The molecule has 1 aromatic heterocycles. The fourth-order valence-electron chi connectivity index (χ4n) is 2.37. The van der Waals surface area contributed by atoms with Gasteiger partial charge in [0.1, 0.15) is 5.60 Å². The minimum Gasteiger partial charge on any atom is -0.444 e. The SMILES string of the molecule is Cc1nc(C2CCCCCN2C(=O)OC(C)(C)C)no1. The molecule has 112 valence electrons. The lowest BCUT2D eigenvalue weighted by atomic mass is 10.1. The predicted molar refractivity (Wildman–Crippen MR) is 73.2 cm³/mol. The summed E-state index contributed by atoms with van der Waals surface area (Å²) in [4.78, 5) is 18.4. The van der Waals surface area contributed by atoms with Gasteiger partial charge in [-0.05, 0) is 33.6 Å². The number of aryl methyl sites for hydroxylation is 1. The number of aromatic nitrogens is 2. The minimum atomic E-state index is -0.499. The number of nitrogens with zero attached hydrogens (tertiary/aromatic N) is 3. The van der Waals surface area contributed by atoms with Gasteiger partial charge >= 0.3 is 6.09 Å². The highest BCUT2D eigenvalue weighted by Gasteiger charge is 2.32. The summed E-state index contributed by atoms with van der Waals surface area (Å²) in [6, 6.07) is -0.148. The highest BCUT2D eigenvalue weighted by Crippen LogP contribution is 2.29. The standard InChI is InChI=1S/C14H23N3O3/c1-10-15-12(16-20-10)11-8-6-5-7-9-17(11)13(18)19-14(2,3)4/h11H,5-9H2,1-4H3. The minimum absolute atomic E-state index is 0.148. The van der Waals surface area contributed by atoms with Gasteiger partial charge in [0.05, 0.1) is 6.04 Å². The molecule has 0 bridgehead atoms. The maximum absolute atomic E-state index is 12.4. The van der Waals surface area contributed by atoms with E-state index in [4.69, 9.17) is 9.26 Å². The molecule has 2 rings (SSSR count). The Kier molecular flexibility index (Phi) is 4.30. The van der Waals surface area contributed by atoms with Crippen molar-refractivity contribution in [3.8, 4) is 0 Å². The Hall–Kier alpha value is -1.59. The van der Waals surface area contributed by atoms with Crippen LogP contribution in [0.1, 0.15) is 64.2 Å². The fraction of sp³-hybridized carbons (Fsp3) is 0.786. The molecule has 0 aliphatic carbocycles. The van der Waals surface area contributed by atoms with Crippen LogP contribution in [-0.2, 0) is 4.74 Å². The summed E-state index contributed by atoms with van der Waals surface area (Å²) in [6.45, 7) is 8.04. The van der Waals surface area contributed by atoms with Gasteiger partial charge < -0.3 is 9.26 Å². The van der Waals surface area contributed by atoms with Gasteiger partial charge in [-0.1, -0.05) is 18.0 Å². The quantitative estimate of drug-likeness (QED) is 0.790. The zero-order valence-corrected chi connectivity index (χ0v) is 12.7. The molecule has 0 spiro atoms. The van der Waals surface area contributed by atoms with E-state index in [2.05, 4.69) is 10.1 Å². The van der Waals surface area contributed by atoms with Crippen molar-refractivity contribution in [2.75, 3.05) is 6.54 Å². The molecule has 0 saturated carbocycles. The van der Waals surface area contributed by atoms with Gasteiger partial charge in [0.25, 0.3) is 0 Å². The maximum atomic E-state index is 12.4. The average molecular weight is 281 g/mol. The van der Waals surface area contributed by atoms with Crippen molar-refractivity contribution in [2.45, 2.75) is 65.0 Å². The van der Waals surface area contributed by atoms with Crippen LogP contribution in [0.25, 0.3) is 0 Å². The van der Waals surface area contributed by atoms with Crippen molar-refractivity contribution >= 4 is 6.09 Å². The second-order valence-electron chi connectivity index (χ2n) is 6.21. The lowest BCUT2D eigenvalue weighted by Crippen LogP contribution is -2.39. The van der Waals surface area contributed by atoms with Gasteiger partial charge in [0.2, 0.25) is 5.89 Å². The van der Waals surface area contributed by atoms with Crippen LogP contribution in [-0.4, -0.2) is 33.3 Å². The predicted octanol–water partition coefficient (Wildman–Crippen LogP) is 3.23. The van der Waals surface area contributed by atoms with Crippen LogP contribution in [0.4, 0.5) is 4.79 Å². The number of ether oxygens (including phenoxy) is 1. The van der Waals surface area contributed by atoms with Gasteiger partial charge in [0, 0.05) is 13.5 Å². The van der Waals surface area contributed by atoms with Gasteiger partial charge in [-0.2, -0.15) is 4.98 Å². The van der Waals surface area contributed by atoms with E-state index in [1.54, 1.807) is 11.8 Å². The van der Waals surface area contributed by atoms with Crippen molar-refractivity contribution in [2.24, 2.45) is 0 Å². The monoisotopic (exact) mass is 281 g/mol. The van der Waals surface area contributed by atoms with Gasteiger partial charge in [-0.3, -0.25) is 4.90 Å². The number of hydrogen-bond acceptors (Lipinski definition) is 5. The molecule has 1 atom stereocenters. The largest absolute Gasteiger partial charge is 0.444 e. The first-order chi connectivity index (χ1) is 9.37. The molecule has 0 aromatic carbocycles. The number of rotatable bonds is 1. The number of hydrogen-bond donors (Lipinski definition) is 0. The van der Waals surface area contributed by atoms with Crippen LogP contribution in [0.5, 0.6) is 0 Å². The van der Waals surface area contributed by atoms with E-state index in [-0.39, 0.29) is 12.1 Å². The van der Waals surface area contributed by atoms with Crippen molar-refractivity contribution in [3.05, 3.63) is 11.7 Å². The van der Waals surface area contributed by atoms with E-state index in [0.717, 1.165) is 25.7 Å². The Labute approximate surface area is 119 Å². The third kappa shape index (κ3) is 3.71.